The Labute approximate surface area is 150 Å². The smallest absolute Gasteiger partial charge is 0.291 e. The van der Waals surface area contributed by atoms with Crippen molar-refractivity contribution in [2.75, 3.05) is 12.1 Å². The van der Waals surface area contributed by atoms with E-state index in [0.29, 0.717) is 29.6 Å². The van der Waals surface area contributed by atoms with Gasteiger partial charge in [0.05, 0.1) is 6.26 Å². The molecule has 3 aromatic rings. The predicted molar refractivity (Wildman–Crippen MR) is 94.7 cm³/mol. The van der Waals surface area contributed by atoms with E-state index in [9.17, 15) is 4.79 Å². The molecule has 6 heteroatoms. The van der Waals surface area contributed by atoms with Gasteiger partial charge in [0.25, 0.3) is 5.91 Å². The third kappa shape index (κ3) is 3.35. The first kappa shape index (κ1) is 16.1. The van der Waals surface area contributed by atoms with Crippen LogP contribution in [-0.4, -0.2) is 12.7 Å². The average molecular weight is 351 g/mol. The Morgan fingerprint density at radius 2 is 2.00 bits per heavy atom. The second-order valence-corrected chi connectivity index (χ2v) is 5.89. The fourth-order valence-electron chi connectivity index (χ4n) is 2.67. The fourth-order valence-corrected chi connectivity index (χ4v) is 2.67. The Morgan fingerprint density at radius 3 is 2.85 bits per heavy atom. The highest BCUT2D eigenvalue weighted by Gasteiger charge is 2.14. The third-order valence-corrected chi connectivity index (χ3v) is 4.00. The number of furan rings is 1. The molecule has 1 N–H and O–H groups in total. The Kier molecular flexibility index (Phi) is 4.23. The topological polar surface area (TPSA) is 69.9 Å². The SMILES string of the molecule is Cc1ccoc1C(=O)Nc1cccc(COc2ccc3c(c2)OCO3)c1. The van der Waals surface area contributed by atoms with Gasteiger partial charge < -0.3 is 23.9 Å². The maximum Gasteiger partial charge on any atom is 0.291 e. The first-order valence-electron chi connectivity index (χ1n) is 8.16. The van der Waals surface area contributed by atoms with Gasteiger partial charge in [-0.05, 0) is 42.8 Å². The van der Waals surface area contributed by atoms with E-state index in [4.69, 9.17) is 18.6 Å². The largest absolute Gasteiger partial charge is 0.489 e. The number of amides is 1. The zero-order chi connectivity index (χ0) is 17.9. The monoisotopic (exact) mass is 351 g/mol. The average Bonchev–Trinajstić information content (AvgIpc) is 3.28. The van der Waals surface area contributed by atoms with Gasteiger partial charge in [0.1, 0.15) is 12.4 Å². The maximum atomic E-state index is 12.2. The molecular weight excluding hydrogens is 334 g/mol. The van der Waals surface area contributed by atoms with Gasteiger partial charge in [-0.1, -0.05) is 12.1 Å². The molecule has 26 heavy (non-hydrogen) atoms. The molecule has 0 bridgehead atoms. The van der Waals surface area contributed by atoms with Crippen molar-refractivity contribution in [3.8, 4) is 17.2 Å². The summed E-state index contributed by atoms with van der Waals surface area (Å²) in [5, 5.41) is 2.83. The minimum absolute atomic E-state index is 0.232. The number of nitrogens with one attached hydrogen (secondary N) is 1. The van der Waals surface area contributed by atoms with E-state index in [2.05, 4.69) is 5.32 Å². The highest BCUT2D eigenvalue weighted by Crippen LogP contribution is 2.35. The molecule has 0 saturated heterocycles. The zero-order valence-corrected chi connectivity index (χ0v) is 14.2. The number of rotatable bonds is 5. The van der Waals surface area contributed by atoms with Crippen LogP contribution in [0.25, 0.3) is 0 Å². The molecular formula is C20H17NO5. The van der Waals surface area contributed by atoms with Gasteiger partial charge in [0, 0.05) is 17.3 Å². The van der Waals surface area contributed by atoms with Crippen molar-refractivity contribution in [2.24, 2.45) is 0 Å². The van der Waals surface area contributed by atoms with E-state index < -0.39 is 0 Å². The van der Waals surface area contributed by atoms with Gasteiger partial charge in [0.15, 0.2) is 17.3 Å². The molecule has 0 saturated carbocycles. The van der Waals surface area contributed by atoms with Crippen LogP contribution >= 0.6 is 0 Å². The van der Waals surface area contributed by atoms with E-state index in [1.54, 1.807) is 12.1 Å². The van der Waals surface area contributed by atoms with Crippen molar-refractivity contribution < 1.29 is 23.4 Å². The van der Waals surface area contributed by atoms with E-state index >= 15 is 0 Å². The summed E-state index contributed by atoms with van der Waals surface area (Å²) >= 11 is 0. The van der Waals surface area contributed by atoms with Crippen LogP contribution in [0.5, 0.6) is 17.2 Å². The number of benzene rings is 2. The number of carbonyl (C=O) groups excluding carboxylic acids is 1. The molecule has 0 aliphatic carbocycles. The second kappa shape index (κ2) is 6.84. The molecule has 2 aromatic carbocycles. The summed E-state index contributed by atoms with van der Waals surface area (Å²) in [6.07, 6.45) is 1.50. The van der Waals surface area contributed by atoms with Crippen molar-refractivity contribution in [1.82, 2.24) is 0 Å². The molecule has 6 nitrogen and oxygen atoms in total. The minimum atomic E-state index is -0.277. The normalized spacial score (nSPS) is 12.0. The van der Waals surface area contributed by atoms with Gasteiger partial charge in [-0.3, -0.25) is 4.79 Å². The van der Waals surface area contributed by atoms with Crippen LogP contribution in [-0.2, 0) is 6.61 Å². The number of hydrogen-bond donors (Lipinski definition) is 1. The molecule has 0 unspecified atom stereocenters. The summed E-state index contributed by atoms with van der Waals surface area (Å²) in [5.74, 6) is 2.12. The molecule has 0 spiro atoms. The number of fused-ring (bicyclic) bond motifs is 1. The third-order valence-electron chi connectivity index (χ3n) is 4.00. The van der Waals surface area contributed by atoms with Crippen LogP contribution in [0.4, 0.5) is 5.69 Å². The summed E-state index contributed by atoms with van der Waals surface area (Å²) in [7, 11) is 0. The number of hydrogen-bond acceptors (Lipinski definition) is 5. The van der Waals surface area contributed by atoms with Crippen LogP contribution in [0.2, 0.25) is 0 Å². The number of aryl methyl sites for hydroxylation is 1. The second-order valence-electron chi connectivity index (χ2n) is 5.89. The summed E-state index contributed by atoms with van der Waals surface area (Å²) in [6.45, 7) is 2.42. The summed E-state index contributed by atoms with van der Waals surface area (Å²) in [4.78, 5) is 12.2. The lowest BCUT2D eigenvalue weighted by Gasteiger charge is -2.09. The minimum Gasteiger partial charge on any atom is -0.489 e. The van der Waals surface area contributed by atoms with Gasteiger partial charge in [-0.25, -0.2) is 0 Å². The lowest BCUT2D eigenvalue weighted by molar-refractivity contribution is 0.0996. The van der Waals surface area contributed by atoms with Crippen LogP contribution in [0, 0.1) is 6.92 Å². The first-order chi connectivity index (χ1) is 12.7. The summed E-state index contributed by atoms with van der Waals surface area (Å²) < 4.78 is 21.6. The molecule has 0 atom stereocenters. The number of anilines is 1. The van der Waals surface area contributed by atoms with Gasteiger partial charge in [-0.2, -0.15) is 0 Å². The van der Waals surface area contributed by atoms with E-state index in [1.165, 1.54) is 6.26 Å². The van der Waals surface area contributed by atoms with Crippen molar-refractivity contribution in [2.45, 2.75) is 13.5 Å². The maximum absolute atomic E-state index is 12.2. The molecule has 1 aromatic heterocycles. The number of carbonyl (C=O) groups is 1. The van der Waals surface area contributed by atoms with Crippen molar-refractivity contribution >= 4 is 11.6 Å². The van der Waals surface area contributed by atoms with Crippen molar-refractivity contribution in [1.29, 1.82) is 0 Å². The Bertz CT molecular complexity index is 947. The molecule has 0 fully saturated rings. The Hall–Kier alpha value is -3.41. The van der Waals surface area contributed by atoms with Gasteiger partial charge >= 0.3 is 0 Å². The van der Waals surface area contributed by atoms with Crippen LogP contribution in [0.1, 0.15) is 21.7 Å². The fraction of sp³-hybridized carbons (Fsp3) is 0.150. The molecule has 1 amide bonds. The van der Waals surface area contributed by atoms with Gasteiger partial charge in [0.2, 0.25) is 6.79 Å². The highest BCUT2D eigenvalue weighted by molar-refractivity contribution is 6.03. The quantitative estimate of drug-likeness (QED) is 0.748. The molecule has 4 rings (SSSR count). The van der Waals surface area contributed by atoms with Crippen LogP contribution in [0.15, 0.2) is 59.2 Å². The van der Waals surface area contributed by atoms with Crippen LogP contribution in [0.3, 0.4) is 0 Å². The van der Waals surface area contributed by atoms with Crippen molar-refractivity contribution in [3.63, 3.8) is 0 Å². The molecule has 2 heterocycles. The van der Waals surface area contributed by atoms with Gasteiger partial charge in [-0.15, -0.1) is 0 Å². The molecule has 0 radical (unpaired) electrons. The molecule has 1 aliphatic rings. The summed E-state index contributed by atoms with van der Waals surface area (Å²) in [5.41, 5.74) is 2.40. The summed E-state index contributed by atoms with van der Waals surface area (Å²) in [6, 6.07) is 14.7. The van der Waals surface area contributed by atoms with E-state index in [1.807, 2.05) is 43.3 Å². The standard InChI is InChI=1S/C20H17NO5/c1-13-7-8-23-19(13)20(22)21-15-4-2-3-14(9-15)11-24-16-5-6-17-18(10-16)26-12-25-17/h2-10H,11-12H2,1H3,(H,21,22). The Balaban J connectivity index is 1.41. The lowest BCUT2D eigenvalue weighted by atomic mass is 10.2. The zero-order valence-electron chi connectivity index (χ0n) is 14.2. The van der Waals surface area contributed by atoms with E-state index in [0.717, 1.165) is 16.9 Å². The molecule has 132 valence electrons. The predicted octanol–water partition coefficient (Wildman–Crippen LogP) is 4.15. The van der Waals surface area contributed by atoms with Crippen molar-refractivity contribution in [3.05, 3.63) is 71.7 Å². The highest BCUT2D eigenvalue weighted by atomic mass is 16.7. The van der Waals surface area contributed by atoms with Crippen LogP contribution < -0.4 is 19.5 Å². The van der Waals surface area contributed by atoms with E-state index in [-0.39, 0.29) is 12.7 Å². The Morgan fingerprint density at radius 1 is 1.12 bits per heavy atom. The molecule has 1 aliphatic heterocycles. The number of ether oxygens (including phenoxy) is 3. The lowest BCUT2D eigenvalue weighted by Crippen LogP contribution is -2.12. The first-order valence-corrected chi connectivity index (χ1v) is 8.16.